The van der Waals surface area contributed by atoms with Crippen LogP contribution in [-0.4, -0.2) is 17.6 Å². The highest BCUT2D eigenvalue weighted by Gasteiger charge is 2.10. The summed E-state index contributed by atoms with van der Waals surface area (Å²) in [5.41, 5.74) is 0.160. The van der Waals surface area contributed by atoms with Gasteiger partial charge in [0.05, 0.1) is 5.69 Å². The van der Waals surface area contributed by atoms with Gasteiger partial charge in [0.15, 0.2) is 18.2 Å². The Labute approximate surface area is 133 Å². The van der Waals surface area contributed by atoms with Gasteiger partial charge >= 0.3 is 0 Å². The average Bonchev–Trinajstić information content (AvgIpc) is 2.42. The lowest BCUT2D eigenvalue weighted by Gasteiger charge is -2.09. The van der Waals surface area contributed by atoms with Crippen molar-refractivity contribution in [3.05, 3.63) is 51.7 Å². The van der Waals surface area contributed by atoms with Gasteiger partial charge in [-0.15, -0.1) is 0 Å². The van der Waals surface area contributed by atoms with Crippen LogP contribution in [0.4, 0.5) is 10.1 Å². The minimum atomic E-state index is -0.581. The Balaban J connectivity index is 1.97. The normalized spacial score (nSPS) is 10.2. The first-order valence-corrected chi connectivity index (χ1v) is 6.99. The van der Waals surface area contributed by atoms with Gasteiger partial charge in [-0.3, -0.25) is 4.79 Å². The van der Waals surface area contributed by atoms with Crippen LogP contribution < -0.4 is 10.1 Å². The molecule has 110 valence electrons. The summed E-state index contributed by atoms with van der Waals surface area (Å²) >= 11 is 8.88. The molecule has 7 heteroatoms. The Morgan fingerprint density at radius 3 is 2.81 bits per heavy atom. The van der Waals surface area contributed by atoms with Crippen molar-refractivity contribution in [3.8, 4) is 11.5 Å². The zero-order valence-electron chi connectivity index (χ0n) is 10.6. The molecule has 2 rings (SSSR count). The number of hydrogen-bond acceptors (Lipinski definition) is 3. The molecule has 0 fully saturated rings. The Hall–Kier alpha value is -1.79. The van der Waals surface area contributed by atoms with E-state index >= 15 is 0 Å². The van der Waals surface area contributed by atoms with Gasteiger partial charge in [0.25, 0.3) is 5.91 Å². The average molecular weight is 375 g/mol. The van der Waals surface area contributed by atoms with Crippen molar-refractivity contribution in [2.75, 3.05) is 11.9 Å². The van der Waals surface area contributed by atoms with Crippen LogP contribution in [0.25, 0.3) is 0 Å². The molecule has 0 saturated heterocycles. The van der Waals surface area contributed by atoms with Crippen LogP contribution in [0.5, 0.6) is 11.5 Å². The van der Waals surface area contributed by atoms with Crippen LogP contribution in [0.15, 0.2) is 40.9 Å². The maximum absolute atomic E-state index is 13.5. The van der Waals surface area contributed by atoms with Crippen molar-refractivity contribution in [2.24, 2.45) is 0 Å². The summed E-state index contributed by atoms with van der Waals surface area (Å²) in [5, 5.41) is 12.4. The maximum atomic E-state index is 13.5. The van der Waals surface area contributed by atoms with Crippen molar-refractivity contribution in [1.82, 2.24) is 0 Å². The summed E-state index contributed by atoms with van der Waals surface area (Å²) < 4.78 is 19.1. The summed E-state index contributed by atoms with van der Waals surface area (Å²) in [5.74, 6) is -1.29. The number of ether oxygens (including phenoxy) is 1. The second-order valence-electron chi connectivity index (χ2n) is 4.07. The van der Waals surface area contributed by atoms with Crippen LogP contribution in [0.3, 0.4) is 0 Å². The molecular weight excluding hydrogens is 365 g/mol. The maximum Gasteiger partial charge on any atom is 0.262 e. The van der Waals surface area contributed by atoms with E-state index in [1.54, 1.807) is 6.07 Å². The monoisotopic (exact) mass is 373 g/mol. The molecule has 2 aromatic carbocycles. The second kappa shape index (κ2) is 6.78. The highest BCUT2D eigenvalue weighted by atomic mass is 79.9. The third-order valence-corrected chi connectivity index (χ3v) is 3.21. The zero-order chi connectivity index (χ0) is 15.4. The van der Waals surface area contributed by atoms with Crippen LogP contribution in [0.2, 0.25) is 5.02 Å². The molecule has 0 atom stereocenters. The van der Waals surface area contributed by atoms with E-state index in [0.717, 1.165) is 0 Å². The lowest BCUT2D eigenvalue weighted by Crippen LogP contribution is -2.20. The quantitative estimate of drug-likeness (QED) is 0.796. The van der Waals surface area contributed by atoms with E-state index in [4.69, 9.17) is 16.3 Å². The molecule has 0 aliphatic carbocycles. The lowest BCUT2D eigenvalue weighted by atomic mass is 10.3. The fourth-order valence-electron chi connectivity index (χ4n) is 1.53. The van der Waals surface area contributed by atoms with Crippen molar-refractivity contribution in [2.45, 2.75) is 0 Å². The number of amides is 1. The SMILES string of the molecule is O=C(COc1ccc(Br)cc1F)Nc1cc(Cl)ccc1O. The van der Waals surface area contributed by atoms with Crippen LogP contribution in [0.1, 0.15) is 0 Å². The van der Waals surface area contributed by atoms with Gasteiger partial charge in [0.1, 0.15) is 5.75 Å². The van der Waals surface area contributed by atoms with Gasteiger partial charge in [-0.1, -0.05) is 27.5 Å². The lowest BCUT2D eigenvalue weighted by molar-refractivity contribution is -0.118. The fourth-order valence-corrected chi connectivity index (χ4v) is 2.04. The molecule has 1 amide bonds. The van der Waals surface area contributed by atoms with E-state index in [2.05, 4.69) is 21.2 Å². The minimum absolute atomic E-state index is 0.0383. The van der Waals surface area contributed by atoms with E-state index < -0.39 is 18.3 Å². The number of hydrogen-bond donors (Lipinski definition) is 2. The number of aromatic hydroxyl groups is 1. The summed E-state index contributed by atoms with van der Waals surface area (Å²) in [6.45, 7) is -0.398. The standard InChI is InChI=1S/C14H10BrClFNO3/c15-8-1-4-13(10(17)5-8)21-7-14(20)18-11-6-9(16)2-3-12(11)19/h1-6,19H,7H2,(H,18,20). The molecule has 0 saturated carbocycles. The van der Waals surface area contributed by atoms with Crippen molar-refractivity contribution in [3.63, 3.8) is 0 Å². The van der Waals surface area contributed by atoms with E-state index in [1.807, 2.05) is 0 Å². The summed E-state index contributed by atoms with van der Waals surface area (Å²) in [6.07, 6.45) is 0. The molecule has 0 heterocycles. The fraction of sp³-hybridized carbons (Fsp3) is 0.0714. The summed E-state index contributed by atoms with van der Waals surface area (Å²) in [7, 11) is 0. The molecule has 0 bridgehead atoms. The number of carbonyl (C=O) groups excluding carboxylic acids is 1. The molecule has 0 unspecified atom stereocenters. The van der Waals surface area contributed by atoms with Crippen molar-refractivity contribution in [1.29, 1.82) is 0 Å². The van der Waals surface area contributed by atoms with Crippen molar-refractivity contribution < 1.29 is 19.0 Å². The summed E-state index contributed by atoms with van der Waals surface area (Å²) in [6, 6.07) is 8.47. The Bertz CT molecular complexity index is 681. The first-order valence-electron chi connectivity index (χ1n) is 5.82. The number of phenols is 1. The third kappa shape index (κ3) is 4.34. The molecule has 2 aromatic rings. The zero-order valence-corrected chi connectivity index (χ0v) is 12.9. The number of halogens is 3. The molecule has 0 radical (unpaired) electrons. The summed E-state index contributed by atoms with van der Waals surface area (Å²) in [4.78, 5) is 11.7. The largest absolute Gasteiger partial charge is 0.506 e. The predicted octanol–water partition coefficient (Wildman–Crippen LogP) is 3.96. The number of carbonyl (C=O) groups is 1. The number of benzene rings is 2. The molecule has 2 N–H and O–H groups in total. The Morgan fingerprint density at radius 1 is 1.33 bits per heavy atom. The molecule has 0 spiro atoms. The van der Waals surface area contributed by atoms with Gasteiger partial charge in [-0.25, -0.2) is 4.39 Å². The van der Waals surface area contributed by atoms with Gasteiger partial charge < -0.3 is 15.2 Å². The Morgan fingerprint density at radius 2 is 2.10 bits per heavy atom. The molecule has 0 aliphatic heterocycles. The van der Waals surface area contributed by atoms with Gasteiger partial charge in [0, 0.05) is 9.50 Å². The van der Waals surface area contributed by atoms with E-state index in [9.17, 15) is 14.3 Å². The Kier molecular flexibility index (Phi) is 5.03. The van der Waals surface area contributed by atoms with Gasteiger partial charge in [-0.2, -0.15) is 0 Å². The second-order valence-corrected chi connectivity index (χ2v) is 5.43. The minimum Gasteiger partial charge on any atom is -0.506 e. The number of anilines is 1. The van der Waals surface area contributed by atoms with E-state index in [1.165, 1.54) is 30.3 Å². The van der Waals surface area contributed by atoms with Crippen LogP contribution in [0, 0.1) is 5.82 Å². The molecule has 0 aliphatic rings. The number of rotatable bonds is 4. The molecular formula is C14H10BrClFNO3. The molecule has 0 aromatic heterocycles. The molecule has 21 heavy (non-hydrogen) atoms. The highest BCUT2D eigenvalue weighted by molar-refractivity contribution is 9.10. The van der Waals surface area contributed by atoms with Crippen LogP contribution >= 0.6 is 27.5 Å². The highest BCUT2D eigenvalue weighted by Crippen LogP contribution is 2.26. The van der Waals surface area contributed by atoms with Crippen LogP contribution in [-0.2, 0) is 4.79 Å². The number of phenolic OH excluding ortho intramolecular Hbond substituents is 1. The smallest absolute Gasteiger partial charge is 0.262 e. The van der Waals surface area contributed by atoms with E-state index in [0.29, 0.717) is 9.50 Å². The van der Waals surface area contributed by atoms with Gasteiger partial charge in [0.2, 0.25) is 0 Å². The van der Waals surface area contributed by atoms with E-state index in [-0.39, 0.29) is 17.2 Å². The first-order chi connectivity index (χ1) is 9.95. The first kappa shape index (κ1) is 15.6. The topological polar surface area (TPSA) is 58.6 Å². The van der Waals surface area contributed by atoms with Crippen molar-refractivity contribution >= 4 is 39.1 Å². The molecule has 4 nitrogen and oxygen atoms in total. The third-order valence-electron chi connectivity index (χ3n) is 2.49. The predicted molar refractivity (Wildman–Crippen MR) is 81.3 cm³/mol. The van der Waals surface area contributed by atoms with Gasteiger partial charge in [-0.05, 0) is 36.4 Å². The number of nitrogens with one attached hydrogen (secondary N) is 1.